The zero-order valence-electron chi connectivity index (χ0n) is 9.25. The monoisotopic (exact) mass is 196 g/mol. The van der Waals surface area contributed by atoms with Crippen LogP contribution in [0.4, 0.5) is 0 Å². The van der Waals surface area contributed by atoms with Gasteiger partial charge in [0.25, 0.3) is 0 Å². The van der Waals surface area contributed by atoms with Gasteiger partial charge in [-0.15, -0.1) is 6.58 Å². The Hall–Kier alpha value is -0.300. The summed E-state index contributed by atoms with van der Waals surface area (Å²) < 4.78 is 0. The Labute approximate surface area is 88.2 Å². The lowest BCUT2D eigenvalue weighted by atomic mass is 9.99. The lowest BCUT2D eigenvalue weighted by Crippen LogP contribution is -2.00. The molecule has 0 spiro atoms. The van der Waals surface area contributed by atoms with Crippen LogP contribution in [0.5, 0.6) is 0 Å². The highest BCUT2D eigenvalue weighted by Crippen LogP contribution is 2.29. The summed E-state index contributed by atoms with van der Waals surface area (Å²) in [6.45, 7) is 3.72. The molecule has 0 aliphatic heterocycles. The zero-order chi connectivity index (χ0) is 10.2. The number of unbranched alkanes of at least 4 members (excludes halogenated alkanes) is 4. The summed E-state index contributed by atoms with van der Waals surface area (Å²) in [5.41, 5.74) is 0. The maximum absolute atomic E-state index is 9.36. The molecule has 0 aromatic heterocycles. The molecule has 14 heavy (non-hydrogen) atoms. The minimum Gasteiger partial charge on any atom is -0.393 e. The highest BCUT2D eigenvalue weighted by Gasteiger charge is 2.21. The number of aliphatic hydroxyl groups is 1. The molecule has 1 fully saturated rings. The first-order chi connectivity index (χ1) is 6.83. The van der Waals surface area contributed by atoms with E-state index in [2.05, 4.69) is 6.58 Å². The predicted molar refractivity (Wildman–Crippen MR) is 61.2 cm³/mol. The van der Waals surface area contributed by atoms with E-state index in [-0.39, 0.29) is 6.10 Å². The van der Waals surface area contributed by atoms with Gasteiger partial charge in [-0.3, -0.25) is 0 Å². The fourth-order valence-electron chi connectivity index (χ4n) is 2.39. The molecule has 1 saturated carbocycles. The highest BCUT2D eigenvalue weighted by molar-refractivity contribution is 4.74. The third-order valence-electron chi connectivity index (χ3n) is 3.28. The van der Waals surface area contributed by atoms with Crippen LogP contribution in [0.3, 0.4) is 0 Å². The summed E-state index contributed by atoms with van der Waals surface area (Å²) in [6.07, 6.45) is 13.3. The minimum absolute atomic E-state index is 0.0146. The fourth-order valence-corrected chi connectivity index (χ4v) is 2.39. The van der Waals surface area contributed by atoms with Crippen LogP contribution in [0, 0.1) is 5.92 Å². The molecule has 0 unspecified atom stereocenters. The van der Waals surface area contributed by atoms with Gasteiger partial charge >= 0.3 is 0 Å². The fraction of sp³-hybridized carbons (Fsp3) is 0.846. The Morgan fingerprint density at radius 2 is 1.93 bits per heavy atom. The Kier molecular flexibility index (Phi) is 5.93. The molecular weight excluding hydrogens is 172 g/mol. The average molecular weight is 196 g/mol. The maximum atomic E-state index is 9.36. The van der Waals surface area contributed by atoms with Gasteiger partial charge in [-0.05, 0) is 38.0 Å². The summed E-state index contributed by atoms with van der Waals surface area (Å²) in [4.78, 5) is 0. The van der Waals surface area contributed by atoms with Crippen LogP contribution in [0.1, 0.15) is 57.8 Å². The third-order valence-corrected chi connectivity index (χ3v) is 3.28. The number of hydrogen-bond donors (Lipinski definition) is 1. The SMILES string of the molecule is C=CCCCCCC[C@H]1CC[C@H](O)C1. The van der Waals surface area contributed by atoms with Crippen LogP contribution in [-0.4, -0.2) is 11.2 Å². The molecule has 1 N–H and O–H groups in total. The molecule has 0 aromatic rings. The van der Waals surface area contributed by atoms with Crippen LogP contribution >= 0.6 is 0 Å². The first-order valence-corrected chi connectivity index (χ1v) is 6.12. The van der Waals surface area contributed by atoms with Crippen molar-refractivity contribution in [1.29, 1.82) is 0 Å². The number of allylic oxidation sites excluding steroid dienone is 1. The van der Waals surface area contributed by atoms with Crippen LogP contribution < -0.4 is 0 Å². The van der Waals surface area contributed by atoms with Gasteiger partial charge < -0.3 is 5.11 Å². The van der Waals surface area contributed by atoms with Gasteiger partial charge in [0.2, 0.25) is 0 Å². The van der Waals surface area contributed by atoms with Crippen molar-refractivity contribution in [3.05, 3.63) is 12.7 Å². The van der Waals surface area contributed by atoms with Crippen molar-refractivity contribution in [2.24, 2.45) is 5.92 Å². The van der Waals surface area contributed by atoms with Crippen LogP contribution in [0.2, 0.25) is 0 Å². The standard InChI is InChI=1S/C13H24O/c1-2-3-4-5-6-7-8-12-9-10-13(14)11-12/h2,12-14H,1,3-11H2/t12-,13-/m0/s1. The zero-order valence-corrected chi connectivity index (χ0v) is 9.25. The van der Waals surface area contributed by atoms with Crippen LogP contribution in [-0.2, 0) is 0 Å². The van der Waals surface area contributed by atoms with E-state index in [1.807, 2.05) is 6.08 Å². The molecule has 1 nitrogen and oxygen atoms in total. The Morgan fingerprint density at radius 1 is 1.14 bits per heavy atom. The predicted octanol–water partition coefficient (Wildman–Crippen LogP) is 3.67. The summed E-state index contributed by atoms with van der Waals surface area (Å²) >= 11 is 0. The van der Waals surface area contributed by atoms with E-state index in [1.165, 1.54) is 44.9 Å². The summed E-state index contributed by atoms with van der Waals surface area (Å²) in [7, 11) is 0. The molecular formula is C13H24O. The van der Waals surface area contributed by atoms with Gasteiger partial charge in [0.15, 0.2) is 0 Å². The van der Waals surface area contributed by atoms with Gasteiger partial charge in [-0.25, -0.2) is 0 Å². The lowest BCUT2D eigenvalue weighted by Gasteiger charge is -2.08. The normalized spacial score (nSPS) is 26.6. The Balaban J connectivity index is 1.86. The lowest BCUT2D eigenvalue weighted by molar-refractivity contribution is 0.176. The van der Waals surface area contributed by atoms with E-state index in [4.69, 9.17) is 0 Å². The van der Waals surface area contributed by atoms with Crippen molar-refractivity contribution in [3.8, 4) is 0 Å². The second-order valence-corrected chi connectivity index (χ2v) is 4.61. The van der Waals surface area contributed by atoms with Crippen LogP contribution in [0.25, 0.3) is 0 Å². The minimum atomic E-state index is 0.0146. The molecule has 2 atom stereocenters. The molecule has 82 valence electrons. The molecule has 0 radical (unpaired) electrons. The largest absolute Gasteiger partial charge is 0.393 e. The first kappa shape index (κ1) is 11.8. The molecule has 0 saturated heterocycles. The summed E-state index contributed by atoms with van der Waals surface area (Å²) in [5, 5.41) is 9.36. The molecule has 1 aliphatic rings. The average Bonchev–Trinajstić information content (AvgIpc) is 2.58. The number of rotatable bonds is 7. The van der Waals surface area contributed by atoms with E-state index in [0.29, 0.717) is 0 Å². The van der Waals surface area contributed by atoms with Gasteiger partial charge in [0, 0.05) is 0 Å². The Bertz CT molecular complexity index is 153. The molecule has 1 rings (SSSR count). The van der Waals surface area contributed by atoms with Crippen molar-refractivity contribution in [3.63, 3.8) is 0 Å². The second-order valence-electron chi connectivity index (χ2n) is 4.61. The molecule has 0 amide bonds. The van der Waals surface area contributed by atoms with E-state index < -0.39 is 0 Å². The van der Waals surface area contributed by atoms with E-state index in [1.54, 1.807) is 0 Å². The number of aliphatic hydroxyl groups excluding tert-OH is 1. The van der Waals surface area contributed by atoms with Gasteiger partial charge in [-0.2, -0.15) is 0 Å². The molecule has 0 bridgehead atoms. The second kappa shape index (κ2) is 7.05. The van der Waals surface area contributed by atoms with Crippen molar-refractivity contribution in [1.82, 2.24) is 0 Å². The highest BCUT2D eigenvalue weighted by atomic mass is 16.3. The molecule has 1 aliphatic carbocycles. The molecule has 0 aromatic carbocycles. The van der Waals surface area contributed by atoms with E-state index in [0.717, 1.165) is 18.8 Å². The van der Waals surface area contributed by atoms with Gasteiger partial charge in [0.05, 0.1) is 6.10 Å². The molecule has 1 heteroatoms. The quantitative estimate of drug-likeness (QED) is 0.486. The molecule has 0 heterocycles. The number of hydrogen-bond acceptors (Lipinski definition) is 1. The van der Waals surface area contributed by atoms with Crippen molar-refractivity contribution >= 4 is 0 Å². The van der Waals surface area contributed by atoms with Crippen molar-refractivity contribution in [2.45, 2.75) is 63.9 Å². The third kappa shape index (κ3) is 4.80. The Morgan fingerprint density at radius 3 is 2.57 bits per heavy atom. The van der Waals surface area contributed by atoms with Crippen molar-refractivity contribution in [2.75, 3.05) is 0 Å². The van der Waals surface area contributed by atoms with Crippen LogP contribution in [0.15, 0.2) is 12.7 Å². The maximum Gasteiger partial charge on any atom is 0.0543 e. The summed E-state index contributed by atoms with van der Waals surface area (Å²) in [6, 6.07) is 0. The topological polar surface area (TPSA) is 20.2 Å². The van der Waals surface area contributed by atoms with Crippen molar-refractivity contribution < 1.29 is 5.11 Å². The summed E-state index contributed by atoms with van der Waals surface area (Å²) in [5.74, 6) is 0.824. The van der Waals surface area contributed by atoms with E-state index in [9.17, 15) is 5.11 Å². The van der Waals surface area contributed by atoms with E-state index >= 15 is 0 Å². The first-order valence-electron chi connectivity index (χ1n) is 6.12. The van der Waals surface area contributed by atoms with Gasteiger partial charge in [-0.1, -0.05) is 31.8 Å². The van der Waals surface area contributed by atoms with Gasteiger partial charge in [0.1, 0.15) is 0 Å². The smallest absolute Gasteiger partial charge is 0.0543 e.